The highest BCUT2D eigenvalue weighted by molar-refractivity contribution is 5.87. The highest BCUT2D eigenvalue weighted by atomic mass is 16.5. The molecule has 1 rings (SSSR count). The number of nitrogens with one attached hydrogen (secondary N) is 2. The maximum absolute atomic E-state index is 11.9. The predicted octanol–water partition coefficient (Wildman–Crippen LogP) is 1.56. The molecular weight excluding hydrogens is 256 g/mol. The van der Waals surface area contributed by atoms with E-state index in [0.717, 1.165) is 18.4 Å². The molecule has 1 atom stereocenters. The second kappa shape index (κ2) is 11.2. The summed E-state index contributed by atoms with van der Waals surface area (Å²) in [7, 11) is 1.49. The lowest BCUT2D eigenvalue weighted by atomic mass is 10.1. The van der Waals surface area contributed by atoms with Crippen molar-refractivity contribution in [3.05, 3.63) is 23.8 Å². The fraction of sp³-hybridized carbons (Fsp3) is 0.600. The highest BCUT2D eigenvalue weighted by Gasteiger charge is 2.18. The lowest BCUT2D eigenvalue weighted by Crippen LogP contribution is -2.49. The second-order valence-corrected chi connectivity index (χ2v) is 4.19. The average molecular weight is 282 g/mol. The van der Waals surface area contributed by atoms with Crippen LogP contribution in [-0.4, -0.2) is 38.1 Å². The number of allylic oxidation sites excluding steroid dienone is 2. The zero-order chi connectivity index (χ0) is 15.4. The number of ether oxygens (including phenoxy) is 1. The van der Waals surface area contributed by atoms with Gasteiger partial charge < -0.3 is 15.4 Å². The fourth-order valence-corrected chi connectivity index (χ4v) is 1.71. The van der Waals surface area contributed by atoms with Gasteiger partial charge in [-0.1, -0.05) is 32.1 Å². The van der Waals surface area contributed by atoms with Crippen LogP contribution in [0.5, 0.6) is 0 Å². The van der Waals surface area contributed by atoms with Gasteiger partial charge in [-0.3, -0.25) is 9.59 Å². The van der Waals surface area contributed by atoms with Gasteiger partial charge in [-0.15, -0.1) is 0 Å². The first-order valence-electron chi connectivity index (χ1n) is 7.03. The third kappa shape index (κ3) is 7.74. The Labute approximate surface area is 121 Å². The Kier molecular flexibility index (Phi) is 10.3. The zero-order valence-corrected chi connectivity index (χ0v) is 12.9. The van der Waals surface area contributed by atoms with E-state index in [4.69, 9.17) is 4.74 Å². The van der Waals surface area contributed by atoms with Gasteiger partial charge in [0.05, 0.1) is 6.61 Å². The Morgan fingerprint density at radius 2 is 2.05 bits per heavy atom. The molecule has 0 radical (unpaired) electrons. The van der Waals surface area contributed by atoms with Crippen LogP contribution in [0.1, 0.15) is 33.6 Å². The molecule has 5 heteroatoms. The number of hydrogen-bond acceptors (Lipinski definition) is 3. The summed E-state index contributed by atoms with van der Waals surface area (Å²) in [5, 5.41) is 5.34. The van der Waals surface area contributed by atoms with E-state index < -0.39 is 6.04 Å². The summed E-state index contributed by atoms with van der Waals surface area (Å²) in [5.74, 6) is -0.476. The van der Waals surface area contributed by atoms with E-state index in [1.165, 1.54) is 14.0 Å². The van der Waals surface area contributed by atoms with Gasteiger partial charge in [-0.2, -0.15) is 0 Å². The highest BCUT2D eigenvalue weighted by Crippen LogP contribution is 2.08. The minimum atomic E-state index is -0.638. The Hall–Kier alpha value is -1.62. The number of rotatable bonds is 6. The van der Waals surface area contributed by atoms with E-state index in [2.05, 4.69) is 22.8 Å². The van der Waals surface area contributed by atoms with Crippen molar-refractivity contribution in [1.29, 1.82) is 0 Å². The van der Waals surface area contributed by atoms with Crippen LogP contribution >= 0.6 is 0 Å². The molecule has 0 aromatic heterocycles. The van der Waals surface area contributed by atoms with Crippen LogP contribution in [0.3, 0.4) is 0 Å². The van der Waals surface area contributed by atoms with E-state index in [9.17, 15) is 9.59 Å². The molecule has 20 heavy (non-hydrogen) atoms. The molecule has 0 heterocycles. The molecule has 1 aliphatic carbocycles. The number of carbonyl (C=O) groups excluding carboxylic acids is 2. The molecule has 0 aliphatic heterocycles. The molecule has 0 spiro atoms. The average Bonchev–Trinajstić information content (AvgIpc) is 2.47. The summed E-state index contributed by atoms with van der Waals surface area (Å²) in [6.45, 7) is 6.03. The summed E-state index contributed by atoms with van der Waals surface area (Å²) in [4.78, 5) is 22.8. The van der Waals surface area contributed by atoms with Crippen LogP contribution in [0.4, 0.5) is 0 Å². The fourth-order valence-electron chi connectivity index (χ4n) is 1.71. The predicted molar refractivity (Wildman–Crippen MR) is 80.3 cm³/mol. The quantitative estimate of drug-likeness (QED) is 0.777. The summed E-state index contributed by atoms with van der Waals surface area (Å²) < 4.78 is 4.91. The van der Waals surface area contributed by atoms with Crippen molar-refractivity contribution in [2.75, 3.05) is 20.3 Å². The molecule has 2 amide bonds. The van der Waals surface area contributed by atoms with E-state index in [-0.39, 0.29) is 18.4 Å². The van der Waals surface area contributed by atoms with Crippen molar-refractivity contribution in [3.8, 4) is 0 Å². The van der Waals surface area contributed by atoms with E-state index >= 15 is 0 Å². The van der Waals surface area contributed by atoms with Gasteiger partial charge in [0.25, 0.3) is 0 Å². The minimum Gasteiger partial charge on any atom is -0.382 e. The van der Waals surface area contributed by atoms with Crippen LogP contribution in [0.25, 0.3) is 0 Å². The van der Waals surface area contributed by atoms with Crippen molar-refractivity contribution in [2.45, 2.75) is 39.7 Å². The summed E-state index contributed by atoms with van der Waals surface area (Å²) in [5.41, 5.74) is 1.09. The van der Waals surface area contributed by atoms with Gasteiger partial charge in [0.2, 0.25) is 11.8 Å². The Morgan fingerprint density at radius 3 is 2.55 bits per heavy atom. The first kappa shape index (κ1) is 18.4. The van der Waals surface area contributed by atoms with Crippen LogP contribution in [0.15, 0.2) is 23.8 Å². The molecule has 114 valence electrons. The smallest absolute Gasteiger partial charge is 0.245 e. The second-order valence-electron chi connectivity index (χ2n) is 4.19. The summed E-state index contributed by atoms with van der Waals surface area (Å²) in [6.07, 6.45) is 8.25. The van der Waals surface area contributed by atoms with Crippen molar-refractivity contribution in [2.24, 2.45) is 0 Å². The van der Waals surface area contributed by atoms with Crippen molar-refractivity contribution < 1.29 is 14.3 Å². The van der Waals surface area contributed by atoms with Gasteiger partial charge in [0.15, 0.2) is 0 Å². The molecular formula is C15H26N2O3. The summed E-state index contributed by atoms with van der Waals surface area (Å²) in [6, 6.07) is -0.638. The first-order chi connectivity index (χ1) is 9.63. The van der Waals surface area contributed by atoms with Gasteiger partial charge in [-0.25, -0.2) is 0 Å². The standard InChI is InChI=1S/C13H20N2O3.C2H6/c1-10(16)15-12(9-18-2)13(17)14-8-11-6-4-3-5-7-11;1-2/h4,6-7,12H,3,5,8-9H2,1-2H3,(H,14,17)(H,15,16);1-2H3. The van der Waals surface area contributed by atoms with Gasteiger partial charge in [0.1, 0.15) is 6.04 Å². The SMILES string of the molecule is CC.COCC(NC(C)=O)C(=O)NCC1=CCCC=C1. The molecule has 0 aromatic rings. The van der Waals surface area contributed by atoms with E-state index in [1.807, 2.05) is 19.9 Å². The number of amides is 2. The molecule has 0 fully saturated rings. The molecule has 0 saturated heterocycles. The van der Waals surface area contributed by atoms with Crippen LogP contribution in [0.2, 0.25) is 0 Å². The minimum absolute atomic E-state index is 0.167. The number of methoxy groups -OCH3 is 1. The van der Waals surface area contributed by atoms with Crippen molar-refractivity contribution in [1.82, 2.24) is 10.6 Å². The zero-order valence-electron chi connectivity index (χ0n) is 12.9. The van der Waals surface area contributed by atoms with Gasteiger partial charge in [0, 0.05) is 20.6 Å². The van der Waals surface area contributed by atoms with Crippen LogP contribution in [0, 0.1) is 0 Å². The molecule has 0 saturated carbocycles. The normalized spacial score (nSPS) is 14.5. The third-order valence-corrected chi connectivity index (χ3v) is 2.57. The lowest BCUT2D eigenvalue weighted by Gasteiger charge is -2.17. The van der Waals surface area contributed by atoms with Gasteiger partial charge in [-0.05, 0) is 18.4 Å². The number of hydrogen-bond donors (Lipinski definition) is 2. The lowest BCUT2D eigenvalue weighted by molar-refractivity contribution is -0.129. The topological polar surface area (TPSA) is 67.4 Å². The Morgan fingerprint density at radius 1 is 1.35 bits per heavy atom. The van der Waals surface area contributed by atoms with E-state index in [1.54, 1.807) is 0 Å². The molecule has 2 N–H and O–H groups in total. The van der Waals surface area contributed by atoms with Crippen LogP contribution in [-0.2, 0) is 14.3 Å². The molecule has 1 aliphatic rings. The maximum Gasteiger partial charge on any atom is 0.245 e. The van der Waals surface area contributed by atoms with Crippen LogP contribution < -0.4 is 10.6 Å². The molecule has 0 aromatic carbocycles. The Bertz CT molecular complexity index is 362. The van der Waals surface area contributed by atoms with E-state index in [0.29, 0.717) is 6.54 Å². The molecule has 5 nitrogen and oxygen atoms in total. The molecule has 1 unspecified atom stereocenters. The Balaban J connectivity index is 0.00000172. The monoisotopic (exact) mass is 282 g/mol. The molecule has 0 bridgehead atoms. The van der Waals surface area contributed by atoms with Crippen molar-refractivity contribution >= 4 is 11.8 Å². The van der Waals surface area contributed by atoms with Crippen molar-refractivity contribution in [3.63, 3.8) is 0 Å². The third-order valence-electron chi connectivity index (χ3n) is 2.57. The first-order valence-corrected chi connectivity index (χ1v) is 7.03. The van der Waals surface area contributed by atoms with Gasteiger partial charge >= 0.3 is 0 Å². The number of carbonyl (C=O) groups is 2. The summed E-state index contributed by atoms with van der Waals surface area (Å²) >= 11 is 0. The largest absolute Gasteiger partial charge is 0.382 e. The maximum atomic E-state index is 11.9.